The first kappa shape index (κ1) is 10.1. The van der Waals surface area contributed by atoms with Gasteiger partial charge < -0.3 is 4.74 Å². The Kier molecular flexibility index (Phi) is 2.36. The van der Waals surface area contributed by atoms with Gasteiger partial charge in [-0.25, -0.2) is 0 Å². The molecule has 1 aliphatic rings. The Bertz CT molecular complexity index is 344. The van der Waals surface area contributed by atoms with Gasteiger partial charge in [-0.1, -0.05) is 17.7 Å². The van der Waals surface area contributed by atoms with Gasteiger partial charge in [0.2, 0.25) is 0 Å². The predicted molar refractivity (Wildman–Crippen MR) is 62.1 cm³/mol. The van der Waals surface area contributed by atoms with Gasteiger partial charge in [0, 0.05) is 0 Å². The van der Waals surface area contributed by atoms with Gasteiger partial charge in [0.15, 0.2) is 0 Å². The predicted octanol–water partition coefficient (Wildman–Crippen LogP) is 2.77. The third-order valence-corrected chi connectivity index (χ3v) is 3.31. The summed E-state index contributed by atoms with van der Waals surface area (Å²) in [5.74, 6) is 0. The molecule has 76 valence electrons. The Labute approximate surface area is 90.9 Å². The lowest BCUT2D eigenvalue weighted by molar-refractivity contribution is -0.0102. The number of ether oxygens (including phenoxy) is 1. The lowest BCUT2D eigenvalue weighted by Crippen LogP contribution is -2.42. The summed E-state index contributed by atoms with van der Waals surface area (Å²) in [5, 5.41) is 0. The summed E-state index contributed by atoms with van der Waals surface area (Å²) in [7, 11) is 0. The van der Waals surface area contributed by atoms with Crippen LogP contribution in [0, 0.1) is 20.8 Å². The van der Waals surface area contributed by atoms with Crippen LogP contribution in [0.2, 0.25) is 0 Å². The van der Waals surface area contributed by atoms with Crippen LogP contribution in [0.3, 0.4) is 0 Å². The fourth-order valence-corrected chi connectivity index (χ4v) is 2.89. The average molecular weight is 208 g/mol. The van der Waals surface area contributed by atoms with Crippen LogP contribution in [0.25, 0.3) is 0 Å². The smallest absolute Gasteiger partial charge is 0.0849 e. The van der Waals surface area contributed by atoms with Gasteiger partial charge >= 0.3 is 0 Å². The van der Waals surface area contributed by atoms with E-state index >= 15 is 0 Å². The van der Waals surface area contributed by atoms with Crippen molar-refractivity contribution in [2.75, 3.05) is 13.2 Å². The molecular weight excluding hydrogens is 192 g/mol. The van der Waals surface area contributed by atoms with E-state index in [1.165, 1.54) is 22.3 Å². The van der Waals surface area contributed by atoms with Crippen LogP contribution in [-0.2, 0) is 9.48 Å². The van der Waals surface area contributed by atoms with Crippen molar-refractivity contribution >= 4 is 12.6 Å². The van der Waals surface area contributed by atoms with Crippen LogP contribution in [0.15, 0.2) is 12.1 Å². The molecule has 1 nitrogen and oxygen atoms in total. The molecule has 0 aliphatic carbocycles. The number of aryl methyl sites for hydroxylation is 3. The molecule has 14 heavy (non-hydrogen) atoms. The van der Waals surface area contributed by atoms with Gasteiger partial charge in [-0.3, -0.25) is 0 Å². The van der Waals surface area contributed by atoms with Gasteiger partial charge in [-0.2, -0.15) is 12.6 Å². The SMILES string of the molecule is Cc1cc(C)c(C2(S)COC2)c(C)c1. The molecule has 2 heteroatoms. The van der Waals surface area contributed by atoms with Crippen molar-refractivity contribution in [3.8, 4) is 0 Å². The Morgan fingerprint density at radius 2 is 1.64 bits per heavy atom. The van der Waals surface area contributed by atoms with Crippen LogP contribution in [0.5, 0.6) is 0 Å². The minimum absolute atomic E-state index is 0.0398. The highest BCUT2D eigenvalue weighted by atomic mass is 32.1. The summed E-state index contributed by atoms with van der Waals surface area (Å²) in [6.45, 7) is 7.92. The number of benzene rings is 1. The molecule has 0 N–H and O–H groups in total. The molecule has 1 aromatic carbocycles. The molecule has 1 aromatic rings. The van der Waals surface area contributed by atoms with E-state index in [1.54, 1.807) is 0 Å². The van der Waals surface area contributed by atoms with E-state index in [2.05, 4.69) is 32.9 Å². The lowest BCUT2D eigenvalue weighted by atomic mass is 9.87. The van der Waals surface area contributed by atoms with Crippen LogP contribution in [0.4, 0.5) is 0 Å². The average Bonchev–Trinajstić information content (AvgIpc) is 1.99. The minimum Gasteiger partial charge on any atom is -0.378 e. The Hall–Kier alpha value is -0.470. The van der Waals surface area contributed by atoms with E-state index in [9.17, 15) is 0 Å². The van der Waals surface area contributed by atoms with E-state index in [0.29, 0.717) is 0 Å². The second kappa shape index (κ2) is 3.28. The van der Waals surface area contributed by atoms with Gasteiger partial charge in [-0.15, -0.1) is 0 Å². The Morgan fingerprint density at radius 1 is 1.14 bits per heavy atom. The van der Waals surface area contributed by atoms with E-state index in [1.807, 2.05) is 0 Å². The maximum absolute atomic E-state index is 5.26. The molecular formula is C12H16OS. The highest BCUT2D eigenvalue weighted by Crippen LogP contribution is 2.39. The summed E-state index contributed by atoms with van der Waals surface area (Å²) in [5.41, 5.74) is 5.35. The van der Waals surface area contributed by atoms with E-state index < -0.39 is 0 Å². The normalized spacial score (nSPS) is 19.1. The highest BCUT2D eigenvalue weighted by Gasteiger charge is 2.38. The van der Waals surface area contributed by atoms with Gasteiger partial charge in [0.1, 0.15) is 0 Å². The third-order valence-electron chi connectivity index (χ3n) is 2.82. The molecule has 0 unspecified atom stereocenters. The topological polar surface area (TPSA) is 9.23 Å². The summed E-state index contributed by atoms with van der Waals surface area (Å²) >= 11 is 4.71. The zero-order chi connectivity index (χ0) is 10.3. The van der Waals surface area contributed by atoms with Crippen LogP contribution in [-0.4, -0.2) is 13.2 Å². The van der Waals surface area contributed by atoms with Crippen molar-refractivity contribution in [3.05, 3.63) is 34.4 Å². The van der Waals surface area contributed by atoms with E-state index in [-0.39, 0.29) is 4.75 Å². The summed E-state index contributed by atoms with van der Waals surface area (Å²) < 4.78 is 5.22. The third kappa shape index (κ3) is 1.47. The summed E-state index contributed by atoms with van der Waals surface area (Å²) in [6.07, 6.45) is 0. The molecule has 0 spiro atoms. The van der Waals surface area contributed by atoms with Crippen LogP contribution in [0.1, 0.15) is 22.3 Å². The van der Waals surface area contributed by atoms with Crippen molar-refractivity contribution in [3.63, 3.8) is 0 Å². The molecule has 0 amide bonds. The monoisotopic (exact) mass is 208 g/mol. The van der Waals surface area contributed by atoms with Gasteiger partial charge in [-0.05, 0) is 37.5 Å². The highest BCUT2D eigenvalue weighted by molar-refractivity contribution is 7.81. The molecule has 0 saturated carbocycles. The number of rotatable bonds is 1. The maximum atomic E-state index is 5.26. The zero-order valence-electron chi connectivity index (χ0n) is 8.92. The first-order valence-electron chi connectivity index (χ1n) is 4.91. The van der Waals surface area contributed by atoms with Crippen molar-refractivity contribution in [1.29, 1.82) is 0 Å². The Morgan fingerprint density at radius 3 is 2.00 bits per heavy atom. The Balaban J connectivity index is 2.52. The van der Waals surface area contributed by atoms with E-state index in [4.69, 9.17) is 17.4 Å². The summed E-state index contributed by atoms with van der Waals surface area (Å²) in [4.78, 5) is 0. The molecule has 0 radical (unpaired) electrons. The van der Waals surface area contributed by atoms with Crippen molar-refractivity contribution < 1.29 is 4.74 Å². The van der Waals surface area contributed by atoms with Crippen molar-refractivity contribution in [2.24, 2.45) is 0 Å². The molecule has 1 heterocycles. The lowest BCUT2D eigenvalue weighted by Gasteiger charge is -2.39. The number of hydrogen-bond acceptors (Lipinski definition) is 2. The largest absolute Gasteiger partial charge is 0.378 e. The molecule has 1 fully saturated rings. The fraction of sp³-hybridized carbons (Fsp3) is 0.500. The van der Waals surface area contributed by atoms with Crippen LogP contribution < -0.4 is 0 Å². The number of hydrogen-bond donors (Lipinski definition) is 1. The second-order valence-electron chi connectivity index (χ2n) is 4.30. The zero-order valence-corrected chi connectivity index (χ0v) is 9.82. The van der Waals surface area contributed by atoms with Gasteiger partial charge in [0.05, 0.1) is 18.0 Å². The first-order chi connectivity index (χ1) is 6.53. The molecule has 0 aromatic heterocycles. The second-order valence-corrected chi connectivity index (χ2v) is 5.15. The maximum Gasteiger partial charge on any atom is 0.0849 e. The summed E-state index contributed by atoms with van der Waals surface area (Å²) in [6, 6.07) is 4.44. The van der Waals surface area contributed by atoms with Crippen LogP contribution >= 0.6 is 12.6 Å². The quantitative estimate of drug-likeness (QED) is 0.698. The number of thiol groups is 1. The van der Waals surface area contributed by atoms with E-state index in [0.717, 1.165) is 13.2 Å². The molecule has 0 bridgehead atoms. The van der Waals surface area contributed by atoms with Crippen molar-refractivity contribution in [1.82, 2.24) is 0 Å². The molecule has 0 atom stereocenters. The first-order valence-corrected chi connectivity index (χ1v) is 5.36. The van der Waals surface area contributed by atoms with Crippen molar-refractivity contribution in [2.45, 2.75) is 25.5 Å². The minimum atomic E-state index is -0.0398. The molecule has 2 rings (SSSR count). The van der Waals surface area contributed by atoms with Gasteiger partial charge in [0.25, 0.3) is 0 Å². The molecule has 1 aliphatic heterocycles. The standard InChI is InChI=1S/C12H16OS/c1-8-4-9(2)11(10(3)5-8)12(14)6-13-7-12/h4-5,14H,6-7H2,1-3H3. The fourth-order valence-electron chi connectivity index (χ4n) is 2.35. The molecule has 1 saturated heterocycles.